The topological polar surface area (TPSA) is 102 Å². The van der Waals surface area contributed by atoms with Gasteiger partial charge in [0.25, 0.3) is 11.6 Å². The van der Waals surface area contributed by atoms with Crippen LogP contribution in [0, 0.1) is 10.1 Å². The Bertz CT molecular complexity index is 1150. The van der Waals surface area contributed by atoms with Crippen molar-refractivity contribution in [3.8, 4) is 17.0 Å². The van der Waals surface area contributed by atoms with Gasteiger partial charge in [-0.25, -0.2) is 0 Å². The normalized spacial score (nSPS) is 13.7. The fraction of sp³-hybridized carbons (Fsp3) is 0.227. The Labute approximate surface area is 189 Å². The van der Waals surface area contributed by atoms with Crippen molar-refractivity contribution in [1.29, 1.82) is 0 Å². The van der Waals surface area contributed by atoms with Gasteiger partial charge < -0.3 is 14.5 Å². The van der Waals surface area contributed by atoms with Crippen LogP contribution in [0.3, 0.4) is 0 Å². The van der Waals surface area contributed by atoms with Gasteiger partial charge in [0.1, 0.15) is 5.75 Å². The van der Waals surface area contributed by atoms with Crippen molar-refractivity contribution in [1.82, 2.24) is 15.1 Å². The molecule has 1 amide bonds. The Morgan fingerprint density at radius 2 is 1.81 bits per heavy atom. The highest BCUT2D eigenvalue weighted by Crippen LogP contribution is 2.29. The predicted molar refractivity (Wildman–Crippen MR) is 120 cm³/mol. The van der Waals surface area contributed by atoms with E-state index in [1.807, 2.05) is 41.3 Å². The first-order valence-electron chi connectivity index (χ1n) is 9.93. The molecule has 0 atom stereocenters. The maximum atomic E-state index is 12.9. The number of carbonyl (C=O) groups is 1. The van der Waals surface area contributed by atoms with E-state index in [1.54, 1.807) is 12.0 Å². The van der Waals surface area contributed by atoms with Crippen LogP contribution in [-0.4, -0.2) is 59.2 Å². The molecule has 1 aliphatic heterocycles. The molecule has 0 unspecified atom stereocenters. The highest BCUT2D eigenvalue weighted by atomic mass is 35.5. The number of nitrogens with zero attached hydrogens (tertiary/aromatic N) is 5. The fourth-order valence-corrected chi connectivity index (χ4v) is 3.79. The molecule has 4 rings (SSSR count). The molecule has 2 aromatic carbocycles. The molecule has 1 aromatic heterocycles. The van der Waals surface area contributed by atoms with Crippen molar-refractivity contribution in [3.05, 3.63) is 75.3 Å². The molecule has 1 saturated heterocycles. The molecule has 0 bridgehead atoms. The van der Waals surface area contributed by atoms with Crippen molar-refractivity contribution in [2.75, 3.05) is 38.2 Å². The van der Waals surface area contributed by atoms with Gasteiger partial charge in [-0.05, 0) is 30.3 Å². The van der Waals surface area contributed by atoms with Crippen LogP contribution in [0.4, 0.5) is 11.5 Å². The quantitative estimate of drug-likeness (QED) is 0.429. The van der Waals surface area contributed by atoms with Gasteiger partial charge in [0.2, 0.25) is 0 Å². The third kappa shape index (κ3) is 4.33. The van der Waals surface area contributed by atoms with Crippen molar-refractivity contribution in [2.24, 2.45) is 0 Å². The van der Waals surface area contributed by atoms with E-state index in [9.17, 15) is 14.9 Å². The van der Waals surface area contributed by atoms with Crippen LogP contribution in [-0.2, 0) is 0 Å². The van der Waals surface area contributed by atoms with E-state index < -0.39 is 4.92 Å². The van der Waals surface area contributed by atoms with Crippen LogP contribution >= 0.6 is 11.6 Å². The Balaban J connectivity index is 1.43. The largest absolute Gasteiger partial charge is 0.496 e. The number of nitro benzene ring substituents is 1. The zero-order chi connectivity index (χ0) is 22.7. The molecule has 164 valence electrons. The first kappa shape index (κ1) is 21.5. The highest BCUT2D eigenvalue weighted by Gasteiger charge is 2.26. The third-order valence-corrected chi connectivity index (χ3v) is 5.65. The number of non-ortho nitro benzene ring substituents is 1. The number of hydrogen-bond donors (Lipinski definition) is 0. The maximum absolute atomic E-state index is 12.9. The molecule has 1 fully saturated rings. The Kier molecular flexibility index (Phi) is 6.18. The number of anilines is 1. The summed E-state index contributed by atoms with van der Waals surface area (Å²) in [6, 6.07) is 15.3. The number of benzene rings is 2. The van der Waals surface area contributed by atoms with Crippen LogP contribution in [0.25, 0.3) is 11.3 Å². The number of aromatic nitrogens is 2. The first-order chi connectivity index (χ1) is 15.5. The molecule has 1 aliphatic rings. The zero-order valence-electron chi connectivity index (χ0n) is 17.3. The molecule has 2 heterocycles. The lowest BCUT2D eigenvalue weighted by atomic mass is 10.1. The number of para-hydroxylation sites is 1. The summed E-state index contributed by atoms with van der Waals surface area (Å²) in [5, 5.41) is 19.9. The van der Waals surface area contributed by atoms with E-state index in [0.29, 0.717) is 37.7 Å². The molecular formula is C22H20ClN5O4. The second-order valence-corrected chi connectivity index (χ2v) is 7.58. The van der Waals surface area contributed by atoms with Crippen LogP contribution in [0.2, 0.25) is 5.02 Å². The van der Waals surface area contributed by atoms with Gasteiger partial charge >= 0.3 is 0 Å². The van der Waals surface area contributed by atoms with E-state index in [0.717, 1.165) is 11.3 Å². The summed E-state index contributed by atoms with van der Waals surface area (Å²) in [4.78, 5) is 27.0. The SMILES string of the molecule is COc1ccccc1-c1ccc(N2CCN(C(=O)c3cc([N+](=O)[O-])ccc3Cl)CC2)nn1. The van der Waals surface area contributed by atoms with Crippen LogP contribution in [0.5, 0.6) is 5.75 Å². The van der Waals surface area contributed by atoms with Crippen LogP contribution in [0.1, 0.15) is 10.4 Å². The Morgan fingerprint density at radius 3 is 2.47 bits per heavy atom. The lowest BCUT2D eigenvalue weighted by Crippen LogP contribution is -2.49. The van der Waals surface area contributed by atoms with Crippen LogP contribution < -0.4 is 9.64 Å². The number of halogens is 1. The van der Waals surface area contributed by atoms with Crippen molar-refractivity contribution in [2.45, 2.75) is 0 Å². The van der Waals surface area contributed by atoms with Crippen molar-refractivity contribution >= 4 is 29.0 Å². The summed E-state index contributed by atoms with van der Waals surface area (Å²) in [7, 11) is 1.61. The molecular weight excluding hydrogens is 434 g/mol. The number of carbonyl (C=O) groups excluding carboxylic acids is 1. The van der Waals surface area contributed by atoms with Crippen LogP contribution in [0.15, 0.2) is 54.6 Å². The second kappa shape index (κ2) is 9.19. The second-order valence-electron chi connectivity index (χ2n) is 7.18. The molecule has 0 saturated carbocycles. The lowest BCUT2D eigenvalue weighted by Gasteiger charge is -2.35. The lowest BCUT2D eigenvalue weighted by molar-refractivity contribution is -0.384. The molecule has 10 heteroatoms. The fourth-order valence-electron chi connectivity index (χ4n) is 3.59. The monoisotopic (exact) mass is 453 g/mol. The van der Waals surface area contributed by atoms with E-state index >= 15 is 0 Å². The zero-order valence-corrected chi connectivity index (χ0v) is 18.0. The number of methoxy groups -OCH3 is 1. The number of hydrogen-bond acceptors (Lipinski definition) is 7. The summed E-state index contributed by atoms with van der Waals surface area (Å²) < 4.78 is 5.38. The molecule has 32 heavy (non-hydrogen) atoms. The van der Waals surface area contributed by atoms with Gasteiger partial charge in [0.15, 0.2) is 5.82 Å². The van der Waals surface area contributed by atoms with Gasteiger partial charge in [-0.3, -0.25) is 14.9 Å². The van der Waals surface area contributed by atoms with E-state index in [-0.39, 0.29) is 22.2 Å². The van der Waals surface area contributed by atoms with E-state index in [1.165, 1.54) is 18.2 Å². The average Bonchev–Trinajstić information content (AvgIpc) is 2.84. The predicted octanol–water partition coefficient (Wildman–Crippen LogP) is 3.68. The minimum Gasteiger partial charge on any atom is -0.496 e. The molecule has 3 aromatic rings. The van der Waals surface area contributed by atoms with Crippen molar-refractivity contribution in [3.63, 3.8) is 0 Å². The van der Waals surface area contributed by atoms with Gasteiger partial charge in [-0.15, -0.1) is 10.2 Å². The van der Waals surface area contributed by atoms with E-state index in [2.05, 4.69) is 10.2 Å². The van der Waals surface area contributed by atoms with E-state index in [4.69, 9.17) is 16.3 Å². The van der Waals surface area contributed by atoms with Gasteiger partial charge in [-0.1, -0.05) is 23.7 Å². The maximum Gasteiger partial charge on any atom is 0.270 e. The summed E-state index contributed by atoms with van der Waals surface area (Å²) in [6.07, 6.45) is 0. The molecule has 0 spiro atoms. The Morgan fingerprint density at radius 1 is 1.06 bits per heavy atom. The minimum absolute atomic E-state index is 0.135. The summed E-state index contributed by atoms with van der Waals surface area (Å²) in [6.45, 7) is 1.99. The third-order valence-electron chi connectivity index (χ3n) is 5.32. The summed E-state index contributed by atoms with van der Waals surface area (Å²) >= 11 is 6.12. The molecule has 0 aliphatic carbocycles. The molecule has 0 radical (unpaired) electrons. The highest BCUT2D eigenvalue weighted by molar-refractivity contribution is 6.33. The number of nitro groups is 1. The minimum atomic E-state index is -0.543. The smallest absolute Gasteiger partial charge is 0.270 e. The van der Waals surface area contributed by atoms with Gasteiger partial charge in [-0.2, -0.15) is 0 Å². The number of ether oxygens (including phenoxy) is 1. The Hall–Kier alpha value is -3.72. The van der Waals surface area contributed by atoms with Gasteiger partial charge in [0, 0.05) is 43.9 Å². The number of piperazine rings is 1. The van der Waals surface area contributed by atoms with Crippen molar-refractivity contribution < 1.29 is 14.5 Å². The number of rotatable bonds is 5. The standard InChI is InChI=1S/C22H20ClN5O4/c1-32-20-5-3-2-4-16(20)19-8-9-21(25-24-19)26-10-12-27(13-11-26)22(29)17-14-15(28(30)31)6-7-18(17)23/h2-9,14H,10-13H2,1H3. The average molecular weight is 454 g/mol. The van der Waals surface area contributed by atoms with Gasteiger partial charge in [0.05, 0.1) is 28.3 Å². The molecule has 9 nitrogen and oxygen atoms in total. The number of amides is 1. The molecule has 0 N–H and O–H groups in total. The summed E-state index contributed by atoms with van der Waals surface area (Å²) in [5.74, 6) is 1.11. The summed E-state index contributed by atoms with van der Waals surface area (Å²) in [5.41, 5.74) is 1.54. The first-order valence-corrected chi connectivity index (χ1v) is 10.3.